The van der Waals surface area contributed by atoms with Crippen molar-refractivity contribution in [1.82, 2.24) is 14.8 Å². The number of hydrogen-bond donors (Lipinski definition) is 1. The molecular formula is C27H27N3O8. The molecule has 0 bridgehead atoms. The number of aryl methyl sites for hydroxylation is 1. The Bertz CT molecular complexity index is 1430. The Morgan fingerprint density at radius 2 is 1.76 bits per heavy atom. The molecular weight excluding hydrogens is 494 g/mol. The molecule has 198 valence electrons. The third-order valence-electron chi connectivity index (χ3n) is 6.04. The number of benzene rings is 1. The fraction of sp³-hybridized carbons (Fsp3) is 0.259. The smallest absolute Gasteiger partial charge is 0.373 e. The van der Waals surface area contributed by atoms with Crippen molar-refractivity contribution in [2.45, 2.75) is 33.4 Å². The quantitative estimate of drug-likeness (QED) is 0.271. The maximum atomic E-state index is 13.0. The van der Waals surface area contributed by atoms with E-state index in [4.69, 9.17) is 9.15 Å². The van der Waals surface area contributed by atoms with Gasteiger partial charge in [-0.15, -0.1) is 0 Å². The number of furan rings is 1. The highest BCUT2D eigenvalue weighted by Gasteiger charge is 2.34. The van der Waals surface area contributed by atoms with Crippen LogP contribution in [-0.4, -0.2) is 53.7 Å². The number of nitrogens with one attached hydrogen (secondary N) is 1. The molecule has 38 heavy (non-hydrogen) atoms. The molecule has 1 saturated heterocycles. The zero-order valence-corrected chi connectivity index (χ0v) is 21.6. The Balaban J connectivity index is 1.52. The predicted octanol–water partition coefficient (Wildman–Crippen LogP) is 3.51. The summed E-state index contributed by atoms with van der Waals surface area (Å²) in [7, 11) is 2.53. The van der Waals surface area contributed by atoms with E-state index in [1.165, 1.54) is 26.4 Å². The van der Waals surface area contributed by atoms with Crippen molar-refractivity contribution < 1.29 is 37.8 Å². The van der Waals surface area contributed by atoms with Crippen molar-refractivity contribution in [3.8, 4) is 11.4 Å². The van der Waals surface area contributed by atoms with E-state index in [1.807, 2.05) is 36.6 Å². The zero-order valence-electron chi connectivity index (χ0n) is 21.6. The van der Waals surface area contributed by atoms with Crippen LogP contribution in [0.1, 0.15) is 40.2 Å². The average Bonchev–Trinajstić information content (AvgIpc) is 3.56. The minimum Gasteiger partial charge on any atom is -0.479 e. The number of urea groups is 1. The molecule has 1 aliphatic heterocycles. The fourth-order valence-electron chi connectivity index (χ4n) is 4.12. The normalized spacial score (nSPS) is 15.0. The van der Waals surface area contributed by atoms with Gasteiger partial charge in [0.2, 0.25) is 5.76 Å². The standard InChI is InChI=1S/C27H27N3O8/c1-15-12-18(16(2)30(15)19-6-8-20(9-7-19)37-17(3)25(32)35-4)13-22-24(31)29(27(34)28-22)14-21-10-11-23(38-21)26(33)36-5/h6-13,17H,14H2,1-5H3,(H,28,34)/b22-13-/t17-/m0/s1. The molecule has 3 amide bonds. The number of aromatic nitrogens is 1. The minimum atomic E-state index is -0.736. The Labute approximate surface area is 218 Å². The van der Waals surface area contributed by atoms with Gasteiger partial charge < -0.3 is 28.5 Å². The Kier molecular flexibility index (Phi) is 7.38. The van der Waals surface area contributed by atoms with Crippen LogP contribution in [0.4, 0.5) is 4.79 Å². The molecule has 4 rings (SSSR count). The van der Waals surface area contributed by atoms with Crippen molar-refractivity contribution in [1.29, 1.82) is 0 Å². The summed E-state index contributed by atoms with van der Waals surface area (Å²) in [6, 6.07) is 11.5. The highest BCUT2D eigenvalue weighted by Crippen LogP contribution is 2.26. The van der Waals surface area contributed by atoms with Gasteiger partial charge in [0.25, 0.3) is 5.91 Å². The topological polar surface area (TPSA) is 129 Å². The molecule has 1 aromatic carbocycles. The summed E-state index contributed by atoms with van der Waals surface area (Å²) in [4.78, 5) is 49.7. The largest absolute Gasteiger partial charge is 0.479 e. The van der Waals surface area contributed by atoms with Crippen molar-refractivity contribution in [3.63, 3.8) is 0 Å². The van der Waals surface area contributed by atoms with Crippen molar-refractivity contribution in [2.24, 2.45) is 0 Å². The molecule has 3 heterocycles. The van der Waals surface area contributed by atoms with Crippen LogP contribution in [0.2, 0.25) is 0 Å². The summed E-state index contributed by atoms with van der Waals surface area (Å²) in [5, 5.41) is 2.60. The first-order valence-corrected chi connectivity index (χ1v) is 11.7. The molecule has 1 aliphatic rings. The first-order valence-electron chi connectivity index (χ1n) is 11.7. The van der Waals surface area contributed by atoms with Crippen molar-refractivity contribution >= 4 is 30.0 Å². The molecule has 0 unspecified atom stereocenters. The van der Waals surface area contributed by atoms with Crippen molar-refractivity contribution in [3.05, 3.63) is 76.6 Å². The van der Waals surface area contributed by atoms with Crippen LogP contribution < -0.4 is 10.1 Å². The number of rotatable bonds is 8. The lowest BCUT2D eigenvalue weighted by molar-refractivity contribution is -0.147. The second kappa shape index (κ2) is 10.7. The second-order valence-corrected chi connectivity index (χ2v) is 8.58. The van der Waals surface area contributed by atoms with Gasteiger partial charge in [0.05, 0.1) is 20.8 Å². The number of carbonyl (C=O) groups excluding carboxylic acids is 4. The van der Waals surface area contributed by atoms with E-state index in [-0.39, 0.29) is 23.8 Å². The van der Waals surface area contributed by atoms with E-state index in [0.717, 1.165) is 27.5 Å². The summed E-state index contributed by atoms with van der Waals surface area (Å²) >= 11 is 0. The number of nitrogens with zero attached hydrogens (tertiary/aromatic N) is 2. The van der Waals surface area contributed by atoms with Gasteiger partial charge in [0.15, 0.2) is 6.10 Å². The Hall–Kier alpha value is -4.80. The number of carbonyl (C=O) groups is 4. The SMILES string of the molecule is COC(=O)c1ccc(CN2C(=O)N/C(=C\c3cc(C)n(-c4ccc(O[C@@H](C)C(=O)OC)cc4)c3C)C2=O)o1. The van der Waals surface area contributed by atoms with Crippen LogP contribution >= 0.6 is 0 Å². The molecule has 11 heteroatoms. The summed E-state index contributed by atoms with van der Waals surface area (Å²) in [5.74, 6) is -0.867. The van der Waals surface area contributed by atoms with Gasteiger partial charge in [0, 0.05) is 17.1 Å². The van der Waals surface area contributed by atoms with Crippen LogP contribution in [-0.2, 0) is 25.6 Å². The number of esters is 2. The molecule has 0 aliphatic carbocycles. The number of ether oxygens (including phenoxy) is 3. The van der Waals surface area contributed by atoms with Crippen LogP contribution in [0.3, 0.4) is 0 Å². The number of hydrogen-bond acceptors (Lipinski definition) is 8. The van der Waals surface area contributed by atoms with E-state index >= 15 is 0 Å². The zero-order chi connectivity index (χ0) is 27.6. The molecule has 0 saturated carbocycles. The summed E-state index contributed by atoms with van der Waals surface area (Å²) in [6.45, 7) is 5.30. The molecule has 1 atom stereocenters. The van der Waals surface area contributed by atoms with E-state index < -0.39 is 30.0 Å². The molecule has 0 radical (unpaired) electrons. The van der Waals surface area contributed by atoms with Crippen molar-refractivity contribution in [2.75, 3.05) is 14.2 Å². The van der Waals surface area contributed by atoms with E-state index in [2.05, 4.69) is 14.8 Å². The van der Waals surface area contributed by atoms with Gasteiger partial charge in [-0.05, 0) is 74.9 Å². The third kappa shape index (κ3) is 5.17. The number of amides is 3. The molecule has 3 aromatic rings. The van der Waals surface area contributed by atoms with Gasteiger partial charge in [-0.2, -0.15) is 0 Å². The highest BCUT2D eigenvalue weighted by atomic mass is 16.6. The molecule has 0 spiro atoms. The van der Waals surface area contributed by atoms with Crippen LogP contribution in [0.5, 0.6) is 5.75 Å². The van der Waals surface area contributed by atoms with Gasteiger partial charge in [0.1, 0.15) is 17.2 Å². The summed E-state index contributed by atoms with van der Waals surface area (Å²) < 4.78 is 22.3. The fourth-order valence-corrected chi connectivity index (χ4v) is 4.12. The monoisotopic (exact) mass is 521 g/mol. The van der Waals surface area contributed by atoms with Gasteiger partial charge in [-0.1, -0.05) is 0 Å². The van der Waals surface area contributed by atoms with E-state index in [9.17, 15) is 19.2 Å². The van der Waals surface area contributed by atoms with Crippen LogP contribution in [0.15, 0.2) is 52.6 Å². The first-order chi connectivity index (χ1) is 18.1. The lowest BCUT2D eigenvalue weighted by atomic mass is 10.2. The second-order valence-electron chi connectivity index (χ2n) is 8.58. The van der Waals surface area contributed by atoms with Gasteiger partial charge in [-0.3, -0.25) is 9.69 Å². The van der Waals surface area contributed by atoms with Crippen LogP contribution in [0, 0.1) is 13.8 Å². The predicted molar refractivity (Wildman–Crippen MR) is 134 cm³/mol. The molecule has 1 fully saturated rings. The summed E-state index contributed by atoms with van der Waals surface area (Å²) in [5.41, 5.74) is 3.48. The molecule has 11 nitrogen and oxygen atoms in total. The lowest BCUT2D eigenvalue weighted by Gasteiger charge is -2.14. The van der Waals surface area contributed by atoms with Gasteiger partial charge >= 0.3 is 18.0 Å². The maximum Gasteiger partial charge on any atom is 0.373 e. The maximum absolute atomic E-state index is 13.0. The average molecular weight is 522 g/mol. The van der Waals surface area contributed by atoms with Crippen LogP contribution in [0.25, 0.3) is 11.8 Å². The lowest BCUT2D eigenvalue weighted by Crippen LogP contribution is -2.30. The Morgan fingerprint density at radius 1 is 1.05 bits per heavy atom. The highest BCUT2D eigenvalue weighted by molar-refractivity contribution is 6.14. The minimum absolute atomic E-state index is 0.0182. The van der Waals surface area contributed by atoms with E-state index in [0.29, 0.717) is 5.75 Å². The number of methoxy groups -OCH3 is 2. The number of imide groups is 1. The van der Waals surface area contributed by atoms with E-state index in [1.54, 1.807) is 25.1 Å². The third-order valence-corrected chi connectivity index (χ3v) is 6.04. The first kappa shape index (κ1) is 26.3. The van der Waals surface area contributed by atoms with Gasteiger partial charge in [-0.25, -0.2) is 14.4 Å². The molecule has 1 N–H and O–H groups in total. The summed E-state index contributed by atoms with van der Waals surface area (Å²) in [6.07, 6.45) is 0.886. The molecule has 2 aromatic heterocycles. The Morgan fingerprint density at radius 3 is 2.42 bits per heavy atom.